The molecule has 0 saturated carbocycles. The van der Waals surface area contributed by atoms with Crippen molar-refractivity contribution >= 4 is 10.9 Å². The van der Waals surface area contributed by atoms with Crippen LogP contribution in [-0.2, 0) is 6.54 Å². The van der Waals surface area contributed by atoms with Gasteiger partial charge in [-0.3, -0.25) is 9.36 Å². The number of halogens is 1. The second-order valence-electron chi connectivity index (χ2n) is 4.86. The lowest BCUT2D eigenvalue weighted by Gasteiger charge is -2.07. The number of nitrogens with one attached hydrogen (secondary N) is 1. The number of fused-ring (bicyclic) bond motifs is 1. The first-order valence-electron chi connectivity index (χ1n) is 6.64. The molecule has 112 valence electrons. The fraction of sp³-hybridized carbons (Fsp3) is 0.125. The highest BCUT2D eigenvalue weighted by Gasteiger charge is 2.09. The summed E-state index contributed by atoms with van der Waals surface area (Å²) in [7, 11) is 1.56. The van der Waals surface area contributed by atoms with Gasteiger partial charge in [0, 0.05) is 0 Å². The van der Waals surface area contributed by atoms with Crippen molar-refractivity contribution in [3.8, 4) is 5.75 Å². The molecular formula is C16H13FN2O3. The van der Waals surface area contributed by atoms with Crippen LogP contribution in [-0.4, -0.2) is 16.7 Å². The van der Waals surface area contributed by atoms with Crippen LogP contribution in [0.15, 0.2) is 52.1 Å². The van der Waals surface area contributed by atoms with Crippen LogP contribution in [0.5, 0.6) is 5.75 Å². The summed E-state index contributed by atoms with van der Waals surface area (Å²) in [6.45, 7) is 0.130. The number of H-pyrrole nitrogens is 1. The highest BCUT2D eigenvalue weighted by molar-refractivity contribution is 5.77. The first-order chi connectivity index (χ1) is 10.6. The standard InChI is InChI=1S/C16H13FN2O3/c1-22-12-5-2-10(3-6-12)9-19-15(20)13-7-4-11(17)8-14(13)18-16(19)21/h2-8H,9H2,1H3,(H,18,21). The highest BCUT2D eigenvalue weighted by atomic mass is 19.1. The number of hydrogen-bond donors (Lipinski definition) is 1. The summed E-state index contributed by atoms with van der Waals surface area (Å²) in [4.78, 5) is 27.0. The molecule has 0 fully saturated rings. The summed E-state index contributed by atoms with van der Waals surface area (Å²) in [6, 6.07) is 10.8. The van der Waals surface area contributed by atoms with E-state index in [4.69, 9.17) is 4.74 Å². The maximum absolute atomic E-state index is 13.2. The number of ether oxygens (including phenoxy) is 1. The van der Waals surface area contributed by atoms with Crippen molar-refractivity contribution in [2.24, 2.45) is 0 Å². The van der Waals surface area contributed by atoms with E-state index in [1.54, 1.807) is 31.4 Å². The van der Waals surface area contributed by atoms with Gasteiger partial charge < -0.3 is 9.72 Å². The first-order valence-corrected chi connectivity index (χ1v) is 6.64. The number of rotatable bonds is 3. The molecule has 1 aromatic heterocycles. The first kappa shape index (κ1) is 14.1. The molecule has 0 aliphatic rings. The molecule has 0 amide bonds. The molecule has 5 nitrogen and oxygen atoms in total. The van der Waals surface area contributed by atoms with Gasteiger partial charge in [0.15, 0.2) is 0 Å². The van der Waals surface area contributed by atoms with Gasteiger partial charge in [-0.15, -0.1) is 0 Å². The molecule has 3 aromatic rings. The Labute approximate surface area is 124 Å². The van der Waals surface area contributed by atoms with Gasteiger partial charge in [-0.05, 0) is 35.9 Å². The van der Waals surface area contributed by atoms with Gasteiger partial charge in [-0.2, -0.15) is 0 Å². The number of aromatic amines is 1. The van der Waals surface area contributed by atoms with Gasteiger partial charge in [-0.1, -0.05) is 12.1 Å². The Hall–Kier alpha value is -2.89. The molecule has 0 unspecified atom stereocenters. The average molecular weight is 300 g/mol. The van der Waals surface area contributed by atoms with Gasteiger partial charge in [0.25, 0.3) is 5.56 Å². The zero-order valence-corrected chi connectivity index (χ0v) is 11.8. The summed E-state index contributed by atoms with van der Waals surface area (Å²) in [5.74, 6) is 0.189. The molecular weight excluding hydrogens is 287 g/mol. The number of methoxy groups -OCH3 is 1. The second kappa shape index (κ2) is 5.48. The van der Waals surface area contributed by atoms with Crippen molar-refractivity contribution in [2.75, 3.05) is 7.11 Å². The van der Waals surface area contributed by atoms with E-state index in [9.17, 15) is 14.0 Å². The molecule has 1 N–H and O–H groups in total. The highest BCUT2D eigenvalue weighted by Crippen LogP contribution is 2.12. The number of nitrogens with zero attached hydrogens (tertiary/aromatic N) is 1. The van der Waals surface area contributed by atoms with Crippen LogP contribution in [0.1, 0.15) is 5.56 Å². The minimum Gasteiger partial charge on any atom is -0.497 e. The minimum absolute atomic E-state index is 0.130. The molecule has 22 heavy (non-hydrogen) atoms. The van der Waals surface area contributed by atoms with Crippen molar-refractivity contribution in [1.82, 2.24) is 9.55 Å². The van der Waals surface area contributed by atoms with Gasteiger partial charge >= 0.3 is 5.69 Å². The molecule has 1 heterocycles. The van der Waals surface area contributed by atoms with Crippen molar-refractivity contribution in [1.29, 1.82) is 0 Å². The predicted octanol–water partition coefficient (Wildman–Crippen LogP) is 1.89. The van der Waals surface area contributed by atoms with Gasteiger partial charge in [-0.25, -0.2) is 9.18 Å². The maximum atomic E-state index is 13.2. The summed E-state index contributed by atoms with van der Waals surface area (Å²) >= 11 is 0. The molecule has 6 heteroatoms. The van der Waals surface area contributed by atoms with Crippen molar-refractivity contribution in [2.45, 2.75) is 6.54 Å². The third-order valence-corrected chi connectivity index (χ3v) is 3.44. The second-order valence-corrected chi connectivity index (χ2v) is 4.86. The lowest BCUT2D eigenvalue weighted by molar-refractivity contribution is 0.414. The van der Waals surface area contributed by atoms with Crippen molar-refractivity contribution in [3.63, 3.8) is 0 Å². The average Bonchev–Trinajstić information content (AvgIpc) is 2.51. The lowest BCUT2D eigenvalue weighted by atomic mass is 10.2. The quantitative estimate of drug-likeness (QED) is 0.803. The zero-order chi connectivity index (χ0) is 15.7. The molecule has 0 saturated heterocycles. The topological polar surface area (TPSA) is 64.1 Å². The third kappa shape index (κ3) is 2.50. The van der Waals surface area contributed by atoms with Crippen LogP contribution >= 0.6 is 0 Å². The third-order valence-electron chi connectivity index (χ3n) is 3.44. The Balaban J connectivity index is 2.08. The fourth-order valence-electron chi connectivity index (χ4n) is 2.28. The van der Waals surface area contributed by atoms with E-state index in [1.165, 1.54) is 12.1 Å². The van der Waals surface area contributed by atoms with Crippen molar-refractivity contribution in [3.05, 3.63) is 74.7 Å². The number of benzene rings is 2. The van der Waals surface area contributed by atoms with E-state index in [2.05, 4.69) is 4.98 Å². The largest absolute Gasteiger partial charge is 0.497 e. The van der Waals surface area contributed by atoms with E-state index in [1.807, 2.05) is 0 Å². The van der Waals surface area contributed by atoms with Crippen LogP contribution in [0.2, 0.25) is 0 Å². The summed E-state index contributed by atoms with van der Waals surface area (Å²) < 4.78 is 19.3. The molecule has 0 atom stereocenters. The van der Waals surface area contributed by atoms with Crippen LogP contribution in [0.3, 0.4) is 0 Å². The fourth-order valence-corrected chi connectivity index (χ4v) is 2.28. The number of hydrogen-bond acceptors (Lipinski definition) is 3. The van der Waals surface area contributed by atoms with Crippen LogP contribution < -0.4 is 16.0 Å². The van der Waals surface area contributed by atoms with E-state index >= 15 is 0 Å². The van der Waals surface area contributed by atoms with E-state index < -0.39 is 17.1 Å². The molecule has 0 spiro atoms. The summed E-state index contributed by atoms with van der Waals surface area (Å²) in [6.07, 6.45) is 0. The normalized spacial score (nSPS) is 10.8. The number of aromatic nitrogens is 2. The van der Waals surface area contributed by atoms with Crippen LogP contribution in [0.25, 0.3) is 10.9 Å². The molecule has 0 bridgehead atoms. The molecule has 0 aliphatic heterocycles. The predicted molar refractivity (Wildman–Crippen MR) is 80.9 cm³/mol. The van der Waals surface area contributed by atoms with E-state index in [0.717, 1.165) is 16.2 Å². The van der Waals surface area contributed by atoms with Crippen LogP contribution in [0.4, 0.5) is 4.39 Å². The molecule has 0 aliphatic carbocycles. The minimum atomic E-state index is -0.570. The SMILES string of the molecule is COc1ccc(Cn2c(=O)[nH]c3cc(F)ccc3c2=O)cc1. The monoisotopic (exact) mass is 300 g/mol. The Kier molecular flexibility index (Phi) is 3.50. The van der Waals surface area contributed by atoms with Gasteiger partial charge in [0.1, 0.15) is 11.6 Å². The summed E-state index contributed by atoms with van der Waals surface area (Å²) in [5, 5.41) is 0.273. The Morgan fingerprint density at radius 2 is 1.86 bits per heavy atom. The van der Waals surface area contributed by atoms with Gasteiger partial charge in [0.05, 0.1) is 24.6 Å². The van der Waals surface area contributed by atoms with Gasteiger partial charge in [0.2, 0.25) is 0 Å². The van der Waals surface area contributed by atoms with Crippen molar-refractivity contribution < 1.29 is 9.13 Å². The Morgan fingerprint density at radius 3 is 2.55 bits per heavy atom. The lowest BCUT2D eigenvalue weighted by Crippen LogP contribution is -2.35. The molecule has 0 radical (unpaired) electrons. The Morgan fingerprint density at radius 1 is 1.14 bits per heavy atom. The van der Waals surface area contributed by atoms with Crippen LogP contribution in [0, 0.1) is 5.82 Å². The van der Waals surface area contributed by atoms with E-state index in [-0.39, 0.29) is 17.4 Å². The Bertz CT molecular complexity index is 942. The van der Waals surface area contributed by atoms with E-state index in [0.29, 0.717) is 5.75 Å². The maximum Gasteiger partial charge on any atom is 0.329 e. The summed E-state index contributed by atoms with van der Waals surface area (Å²) in [5.41, 5.74) is -0.0377. The smallest absolute Gasteiger partial charge is 0.329 e. The zero-order valence-electron chi connectivity index (χ0n) is 11.8. The molecule has 2 aromatic carbocycles. The molecule has 3 rings (SSSR count).